The highest BCUT2D eigenvalue weighted by Crippen LogP contribution is 2.27. The zero-order valence-corrected chi connectivity index (χ0v) is 12.9. The third kappa shape index (κ3) is 3.23. The minimum absolute atomic E-state index is 0.733. The Morgan fingerprint density at radius 2 is 2.00 bits per heavy atom. The lowest BCUT2D eigenvalue weighted by Gasteiger charge is -2.07. The van der Waals surface area contributed by atoms with Crippen LogP contribution in [-0.4, -0.2) is 0 Å². The van der Waals surface area contributed by atoms with Crippen molar-refractivity contribution in [1.82, 2.24) is 0 Å². The number of hydrogen-bond acceptors (Lipinski definition) is 2. The molecule has 1 aromatic heterocycles. The van der Waals surface area contributed by atoms with E-state index in [2.05, 4.69) is 49.3 Å². The van der Waals surface area contributed by atoms with Gasteiger partial charge in [0.2, 0.25) is 0 Å². The van der Waals surface area contributed by atoms with Gasteiger partial charge in [-0.25, -0.2) is 0 Å². The van der Waals surface area contributed by atoms with Crippen molar-refractivity contribution in [2.75, 3.05) is 5.32 Å². The SMILES string of the molecule is Clc1ccc(NCc2ccc(Br)s2)c(Br)c1. The van der Waals surface area contributed by atoms with Crippen LogP contribution in [0.4, 0.5) is 5.69 Å². The van der Waals surface area contributed by atoms with E-state index in [1.165, 1.54) is 4.88 Å². The van der Waals surface area contributed by atoms with Crippen LogP contribution in [0.5, 0.6) is 0 Å². The highest BCUT2D eigenvalue weighted by atomic mass is 79.9. The molecule has 1 heterocycles. The third-order valence-electron chi connectivity index (χ3n) is 2.01. The van der Waals surface area contributed by atoms with Gasteiger partial charge >= 0.3 is 0 Å². The fourth-order valence-electron chi connectivity index (χ4n) is 1.26. The maximum atomic E-state index is 5.88. The van der Waals surface area contributed by atoms with Crippen molar-refractivity contribution in [3.05, 3.63) is 48.5 Å². The van der Waals surface area contributed by atoms with Crippen LogP contribution in [0.15, 0.2) is 38.6 Å². The lowest BCUT2D eigenvalue weighted by molar-refractivity contribution is 1.19. The van der Waals surface area contributed by atoms with E-state index in [0.29, 0.717) is 0 Å². The molecule has 0 saturated carbocycles. The number of nitrogens with one attached hydrogen (secondary N) is 1. The second-order valence-corrected chi connectivity index (χ2v) is 7.02. The molecule has 0 aliphatic rings. The first-order chi connectivity index (χ1) is 7.65. The summed E-state index contributed by atoms with van der Waals surface area (Å²) in [6.07, 6.45) is 0. The summed E-state index contributed by atoms with van der Waals surface area (Å²) in [6, 6.07) is 9.88. The van der Waals surface area contributed by atoms with Gasteiger partial charge in [-0.15, -0.1) is 11.3 Å². The highest BCUT2D eigenvalue weighted by molar-refractivity contribution is 9.11. The van der Waals surface area contributed by atoms with Gasteiger partial charge in [0, 0.05) is 26.6 Å². The van der Waals surface area contributed by atoms with E-state index >= 15 is 0 Å². The largest absolute Gasteiger partial charge is 0.379 e. The Labute approximate surface area is 120 Å². The molecular weight excluding hydrogens is 373 g/mol. The summed E-state index contributed by atoms with van der Waals surface area (Å²) < 4.78 is 2.13. The summed E-state index contributed by atoms with van der Waals surface area (Å²) in [7, 11) is 0. The van der Waals surface area contributed by atoms with E-state index < -0.39 is 0 Å². The van der Waals surface area contributed by atoms with E-state index in [-0.39, 0.29) is 0 Å². The topological polar surface area (TPSA) is 12.0 Å². The van der Waals surface area contributed by atoms with Crippen LogP contribution in [0.2, 0.25) is 5.02 Å². The first-order valence-corrected chi connectivity index (χ1v) is 7.36. The van der Waals surface area contributed by atoms with Crippen LogP contribution in [-0.2, 0) is 6.54 Å². The van der Waals surface area contributed by atoms with E-state index in [1.54, 1.807) is 11.3 Å². The van der Waals surface area contributed by atoms with Gasteiger partial charge in [-0.1, -0.05) is 11.6 Å². The normalized spacial score (nSPS) is 10.4. The maximum Gasteiger partial charge on any atom is 0.0702 e. The van der Waals surface area contributed by atoms with Gasteiger partial charge in [-0.2, -0.15) is 0 Å². The van der Waals surface area contributed by atoms with Gasteiger partial charge < -0.3 is 5.32 Å². The van der Waals surface area contributed by atoms with E-state index in [9.17, 15) is 0 Å². The molecule has 84 valence electrons. The summed E-state index contributed by atoms with van der Waals surface area (Å²) in [5.41, 5.74) is 1.05. The number of anilines is 1. The van der Waals surface area contributed by atoms with Crippen molar-refractivity contribution in [2.24, 2.45) is 0 Å². The monoisotopic (exact) mass is 379 g/mol. The molecule has 0 aliphatic carbocycles. The molecule has 0 atom stereocenters. The second-order valence-electron chi connectivity index (χ2n) is 3.18. The molecule has 1 aromatic carbocycles. The Morgan fingerprint density at radius 3 is 2.62 bits per heavy atom. The standard InChI is InChI=1S/C11H8Br2ClNS/c12-9-5-7(14)1-3-10(9)15-6-8-2-4-11(13)16-8/h1-5,15H,6H2. The summed E-state index contributed by atoms with van der Waals surface area (Å²) in [5.74, 6) is 0. The van der Waals surface area contributed by atoms with Crippen molar-refractivity contribution < 1.29 is 0 Å². The minimum Gasteiger partial charge on any atom is -0.379 e. The molecule has 0 spiro atoms. The molecule has 0 radical (unpaired) electrons. The maximum absolute atomic E-state index is 5.88. The van der Waals surface area contributed by atoms with Gasteiger partial charge in [0.05, 0.1) is 3.79 Å². The molecule has 0 bridgehead atoms. The van der Waals surface area contributed by atoms with Crippen LogP contribution in [0.3, 0.4) is 0 Å². The fraction of sp³-hybridized carbons (Fsp3) is 0.0909. The zero-order valence-electron chi connectivity index (χ0n) is 8.14. The molecular formula is C11H8Br2ClNS. The van der Waals surface area contributed by atoms with Crippen molar-refractivity contribution >= 4 is 60.5 Å². The van der Waals surface area contributed by atoms with E-state index in [1.807, 2.05) is 18.2 Å². The summed E-state index contributed by atoms with van der Waals surface area (Å²) >= 11 is 14.5. The van der Waals surface area contributed by atoms with Gasteiger partial charge in [0.15, 0.2) is 0 Å². The van der Waals surface area contributed by atoms with Crippen molar-refractivity contribution in [3.63, 3.8) is 0 Å². The molecule has 1 nitrogen and oxygen atoms in total. The van der Waals surface area contributed by atoms with Gasteiger partial charge in [-0.3, -0.25) is 0 Å². The van der Waals surface area contributed by atoms with Crippen LogP contribution in [0, 0.1) is 0 Å². The number of benzene rings is 1. The molecule has 2 aromatic rings. The second kappa shape index (κ2) is 5.54. The molecule has 16 heavy (non-hydrogen) atoms. The molecule has 0 unspecified atom stereocenters. The predicted molar refractivity (Wildman–Crippen MR) is 78.5 cm³/mol. The summed E-state index contributed by atoms with van der Waals surface area (Å²) in [5, 5.41) is 4.09. The number of halogens is 3. The Kier molecular flexibility index (Phi) is 4.30. The predicted octanol–water partition coefficient (Wildman–Crippen LogP) is 5.54. The van der Waals surface area contributed by atoms with Crippen molar-refractivity contribution in [2.45, 2.75) is 6.54 Å². The smallest absolute Gasteiger partial charge is 0.0702 e. The van der Waals surface area contributed by atoms with Gasteiger partial charge in [0.25, 0.3) is 0 Å². The average Bonchev–Trinajstić information content (AvgIpc) is 2.63. The lowest BCUT2D eigenvalue weighted by atomic mass is 10.3. The van der Waals surface area contributed by atoms with Crippen molar-refractivity contribution in [1.29, 1.82) is 0 Å². The Balaban J connectivity index is 2.04. The van der Waals surface area contributed by atoms with Crippen LogP contribution in [0.25, 0.3) is 0 Å². The summed E-state index contributed by atoms with van der Waals surface area (Å²) in [6.45, 7) is 0.816. The minimum atomic E-state index is 0.733. The molecule has 0 fully saturated rings. The zero-order chi connectivity index (χ0) is 11.5. The third-order valence-corrected chi connectivity index (χ3v) is 4.53. The Bertz CT molecular complexity index is 498. The van der Waals surface area contributed by atoms with Gasteiger partial charge in [0.1, 0.15) is 0 Å². The molecule has 0 aliphatic heterocycles. The number of hydrogen-bond donors (Lipinski definition) is 1. The van der Waals surface area contributed by atoms with Crippen LogP contribution >= 0.6 is 54.8 Å². The quantitative estimate of drug-likeness (QED) is 0.736. The first kappa shape index (κ1) is 12.4. The molecule has 1 N–H and O–H groups in total. The van der Waals surface area contributed by atoms with Gasteiger partial charge in [-0.05, 0) is 62.2 Å². The first-order valence-electron chi connectivity index (χ1n) is 4.58. The molecule has 0 saturated heterocycles. The number of rotatable bonds is 3. The van der Waals surface area contributed by atoms with E-state index in [4.69, 9.17) is 11.6 Å². The fourth-order valence-corrected chi connectivity index (χ4v) is 3.51. The molecule has 2 rings (SSSR count). The summed E-state index contributed by atoms with van der Waals surface area (Å²) in [4.78, 5) is 1.29. The number of thiophene rings is 1. The van der Waals surface area contributed by atoms with Crippen LogP contribution < -0.4 is 5.32 Å². The van der Waals surface area contributed by atoms with Crippen LogP contribution in [0.1, 0.15) is 4.88 Å². The van der Waals surface area contributed by atoms with Crippen molar-refractivity contribution in [3.8, 4) is 0 Å². The highest BCUT2D eigenvalue weighted by Gasteiger charge is 2.01. The Morgan fingerprint density at radius 1 is 1.19 bits per heavy atom. The lowest BCUT2D eigenvalue weighted by Crippen LogP contribution is -1.97. The molecule has 5 heteroatoms. The average molecular weight is 382 g/mol. The van der Waals surface area contributed by atoms with E-state index in [0.717, 1.165) is 25.5 Å². The molecule has 0 amide bonds. The Hall–Kier alpha value is -0.0300.